The Hall–Kier alpha value is -2.83. The summed E-state index contributed by atoms with van der Waals surface area (Å²) in [7, 11) is 1.51. The minimum atomic E-state index is -2.98. The Morgan fingerprint density at radius 2 is 1.67 bits per heavy atom. The van der Waals surface area contributed by atoms with Crippen LogP contribution in [0.5, 0.6) is 0 Å². The first kappa shape index (κ1) is 18.9. The highest BCUT2D eigenvalue weighted by Crippen LogP contribution is 2.44. The molecule has 7 heteroatoms. The number of hydrogen-bond acceptors (Lipinski definition) is 3. The van der Waals surface area contributed by atoms with Gasteiger partial charge in [-0.05, 0) is 30.2 Å². The predicted molar refractivity (Wildman–Crippen MR) is 96.9 cm³/mol. The van der Waals surface area contributed by atoms with E-state index in [1.807, 2.05) is 0 Å². The number of carbonyl (C=O) groups is 1. The summed E-state index contributed by atoms with van der Waals surface area (Å²) in [6.07, 6.45) is 0. The van der Waals surface area contributed by atoms with E-state index in [-0.39, 0.29) is 17.4 Å². The van der Waals surface area contributed by atoms with Gasteiger partial charge in [0.1, 0.15) is 11.4 Å². The van der Waals surface area contributed by atoms with Crippen LogP contribution in [-0.4, -0.2) is 23.8 Å². The normalized spacial score (nSPS) is 23.3. The van der Waals surface area contributed by atoms with Gasteiger partial charge in [-0.15, -0.1) is 0 Å². The van der Waals surface area contributed by atoms with Crippen molar-refractivity contribution in [1.29, 1.82) is 0 Å². The Kier molecular flexibility index (Phi) is 4.49. The second-order valence-corrected chi connectivity index (χ2v) is 6.97. The molecule has 2 aromatic rings. The van der Waals surface area contributed by atoms with Crippen LogP contribution in [0.1, 0.15) is 36.5 Å². The number of aliphatic imine (C=N–C) groups is 1. The fourth-order valence-corrected chi connectivity index (χ4v) is 3.38. The predicted octanol–water partition coefficient (Wildman–Crippen LogP) is 3.72. The lowest BCUT2D eigenvalue weighted by Gasteiger charge is -2.41. The molecule has 2 atom stereocenters. The standard InChI is InChI=1S/C20H20F3N3O/c1-19(13-8-10-15(21)11-9-13)16(17(27)26(3)18(24)25-19)12-4-6-14(7-5-12)20(2,22)23/h4-11,16H,1-3H3,(H2,24,25)/t16-,19+/m0/s1. The molecular weight excluding hydrogens is 355 g/mol. The van der Waals surface area contributed by atoms with Crippen LogP contribution in [0.3, 0.4) is 0 Å². The number of benzene rings is 2. The molecule has 27 heavy (non-hydrogen) atoms. The molecule has 2 aromatic carbocycles. The number of nitrogens with two attached hydrogens (primary N) is 1. The minimum Gasteiger partial charge on any atom is -0.369 e. The van der Waals surface area contributed by atoms with Gasteiger partial charge < -0.3 is 5.73 Å². The summed E-state index contributed by atoms with van der Waals surface area (Å²) in [6.45, 7) is 2.54. The van der Waals surface area contributed by atoms with Crippen molar-refractivity contribution in [1.82, 2.24) is 4.90 Å². The molecule has 2 N–H and O–H groups in total. The zero-order chi connectivity index (χ0) is 20.0. The lowest BCUT2D eigenvalue weighted by molar-refractivity contribution is -0.130. The van der Waals surface area contributed by atoms with Crippen molar-refractivity contribution in [2.45, 2.75) is 31.2 Å². The maximum atomic E-state index is 13.5. The largest absolute Gasteiger partial charge is 0.369 e. The van der Waals surface area contributed by atoms with E-state index in [0.717, 1.165) is 6.92 Å². The highest BCUT2D eigenvalue weighted by molar-refractivity contribution is 6.02. The summed E-state index contributed by atoms with van der Waals surface area (Å²) in [4.78, 5) is 18.8. The highest BCUT2D eigenvalue weighted by atomic mass is 19.3. The Labute approximate surface area is 155 Å². The van der Waals surface area contributed by atoms with Gasteiger partial charge in [0.15, 0.2) is 5.96 Å². The average Bonchev–Trinajstić information content (AvgIpc) is 2.60. The Bertz CT molecular complexity index is 888. The van der Waals surface area contributed by atoms with E-state index in [9.17, 15) is 18.0 Å². The fraction of sp³-hybridized carbons (Fsp3) is 0.300. The molecule has 1 heterocycles. The second-order valence-electron chi connectivity index (χ2n) is 6.97. The summed E-state index contributed by atoms with van der Waals surface area (Å²) < 4.78 is 40.4. The molecule has 3 rings (SSSR count). The van der Waals surface area contributed by atoms with Crippen LogP contribution in [0.15, 0.2) is 53.5 Å². The van der Waals surface area contributed by atoms with E-state index in [1.165, 1.54) is 48.3 Å². The van der Waals surface area contributed by atoms with Crippen LogP contribution in [0, 0.1) is 5.82 Å². The van der Waals surface area contributed by atoms with Crippen molar-refractivity contribution < 1.29 is 18.0 Å². The second kappa shape index (κ2) is 6.40. The van der Waals surface area contributed by atoms with Crippen molar-refractivity contribution in [2.75, 3.05) is 7.05 Å². The van der Waals surface area contributed by atoms with Crippen LogP contribution in [0.4, 0.5) is 13.2 Å². The molecule has 0 radical (unpaired) electrons. The molecule has 0 saturated carbocycles. The molecule has 142 valence electrons. The molecule has 0 aromatic heterocycles. The van der Waals surface area contributed by atoms with Gasteiger partial charge in [-0.2, -0.15) is 0 Å². The summed E-state index contributed by atoms with van der Waals surface area (Å²) in [6, 6.07) is 11.3. The van der Waals surface area contributed by atoms with Gasteiger partial charge in [0, 0.05) is 19.5 Å². The van der Waals surface area contributed by atoms with Gasteiger partial charge in [0.2, 0.25) is 5.91 Å². The summed E-state index contributed by atoms with van der Waals surface area (Å²) in [5, 5.41) is 0. The molecule has 1 aliphatic rings. The van der Waals surface area contributed by atoms with Gasteiger partial charge in [-0.25, -0.2) is 18.2 Å². The van der Waals surface area contributed by atoms with Crippen molar-refractivity contribution in [3.05, 3.63) is 71.0 Å². The molecular formula is C20H20F3N3O. The maximum absolute atomic E-state index is 13.5. The average molecular weight is 375 g/mol. The zero-order valence-corrected chi connectivity index (χ0v) is 15.2. The fourth-order valence-electron chi connectivity index (χ4n) is 3.38. The lowest BCUT2D eigenvalue weighted by Crippen LogP contribution is -2.52. The van der Waals surface area contributed by atoms with E-state index < -0.39 is 23.2 Å². The number of rotatable bonds is 3. The number of carbonyl (C=O) groups excluding carboxylic acids is 1. The van der Waals surface area contributed by atoms with Crippen LogP contribution in [-0.2, 0) is 16.3 Å². The molecule has 0 spiro atoms. The summed E-state index contributed by atoms with van der Waals surface area (Å²) >= 11 is 0. The molecule has 0 bridgehead atoms. The third kappa shape index (κ3) is 3.29. The number of amides is 1. The van der Waals surface area contributed by atoms with E-state index in [1.54, 1.807) is 19.1 Å². The quantitative estimate of drug-likeness (QED) is 0.889. The molecule has 0 saturated heterocycles. The van der Waals surface area contributed by atoms with Crippen molar-refractivity contribution in [3.63, 3.8) is 0 Å². The van der Waals surface area contributed by atoms with E-state index in [0.29, 0.717) is 11.1 Å². The van der Waals surface area contributed by atoms with Crippen molar-refractivity contribution >= 4 is 11.9 Å². The first-order valence-corrected chi connectivity index (χ1v) is 8.41. The zero-order valence-electron chi connectivity index (χ0n) is 15.2. The van der Waals surface area contributed by atoms with Crippen LogP contribution in [0.2, 0.25) is 0 Å². The Morgan fingerprint density at radius 3 is 2.19 bits per heavy atom. The lowest BCUT2D eigenvalue weighted by atomic mass is 9.74. The minimum absolute atomic E-state index is 0.0415. The van der Waals surface area contributed by atoms with Crippen LogP contribution >= 0.6 is 0 Å². The van der Waals surface area contributed by atoms with E-state index in [2.05, 4.69) is 4.99 Å². The van der Waals surface area contributed by atoms with Gasteiger partial charge in [-0.1, -0.05) is 36.4 Å². The Morgan fingerprint density at radius 1 is 1.11 bits per heavy atom. The summed E-state index contributed by atoms with van der Waals surface area (Å²) in [5.74, 6) is -4.45. The van der Waals surface area contributed by atoms with Gasteiger partial charge in [-0.3, -0.25) is 9.69 Å². The van der Waals surface area contributed by atoms with Crippen LogP contribution < -0.4 is 5.73 Å². The third-order valence-corrected chi connectivity index (χ3v) is 5.01. The van der Waals surface area contributed by atoms with Crippen molar-refractivity contribution in [2.24, 2.45) is 10.7 Å². The molecule has 1 amide bonds. The van der Waals surface area contributed by atoms with Crippen LogP contribution in [0.25, 0.3) is 0 Å². The third-order valence-electron chi connectivity index (χ3n) is 5.01. The van der Waals surface area contributed by atoms with Gasteiger partial charge in [0.25, 0.3) is 5.92 Å². The molecule has 0 aliphatic carbocycles. The molecule has 4 nitrogen and oxygen atoms in total. The highest BCUT2D eigenvalue weighted by Gasteiger charge is 2.47. The molecule has 0 fully saturated rings. The van der Waals surface area contributed by atoms with Gasteiger partial charge >= 0.3 is 0 Å². The smallest absolute Gasteiger partial charge is 0.270 e. The first-order chi connectivity index (χ1) is 12.5. The summed E-state index contributed by atoms with van der Waals surface area (Å²) in [5.41, 5.74) is 5.80. The maximum Gasteiger partial charge on any atom is 0.270 e. The number of halogens is 3. The van der Waals surface area contributed by atoms with Gasteiger partial charge in [0.05, 0.1) is 5.92 Å². The van der Waals surface area contributed by atoms with E-state index in [4.69, 9.17) is 5.73 Å². The molecule has 0 unspecified atom stereocenters. The number of likely N-dealkylation sites (N-methyl/N-ethyl adjacent to an activating group) is 1. The Balaban J connectivity index is 2.14. The molecule has 1 aliphatic heterocycles. The van der Waals surface area contributed by atoms with Crippen molar-refractivity contribution in [3.8, 4) is 0 Å². The SMILES string of the molecule is CN1C(=O)[C@H](c2ccc(C(C)(F)F)cc2)[C@@](C)(c2ccc(F)cc2)N=C1N. The van der Waals surface area contributed by atoms with E-state index >= 15 is 0 Å². The number of hydrogen-bond donors (Lipinski definition) is 1. The first-order valence-electron chi connectivity index (χ1n) is 8.41. The number of guanidine groups is 1. The topological polar surface area (TPSA) is 58.7 Å². The monoisotopic (exact) mass is 375 g/mol. The number of alkyl halides is 2. The number of nitrogens with zero attached hydrogens (tertiary/aromatic N) is 2.